The van der Waals surface area contributed by atoms with E-state index < -0.39 is 0 Å². The minimum absolute atomic E-state index is 0. The highest BCUT2D eigenvalue weighted by Crippen LogP contribution is 1.80. The first-order chi connectivity index (χ1) is 1.91. The number of hydrogen-bond acceptors (Lipinski definition) is 1. The van der Waals surface area contributed by atoms with Crippen LogP contribution in [0.3, 0.4) is 0 Å². The van der Waals surface area contributed by atoms with Crippen LogP contribution in [0.25, 0.3) is 0 Å². The van der Waals surface area contributed by atoms with E-state index in [0.717, 1.165) is 5.33 Å². The molecule has 5 heavy (non-hydrogen) atoms. The molecule has 0 rings (SSSR count). The van der Waals surface area contributed by atoms with E-state index in [2.05, 4.69) is 22.9 Å². The number of rotatable bonds is 1. The molecule has 34 valence electrons. The molecule has 0 heterocycles. The van der Waals surface area contributed by atoms with Crippen LogP contribution in [0.15, 0.2) is 0 Å². The highest BCUT2D eigenvalue weighted by molar-refractivity contribution is 9.09. The van der Waals surface area contributed by atoms with Crippen LogP contribution >= 0.6 is 15.9 Å². The van der Waals surface area contributed by atoms with Gasteiger partial charge >= 0.3 is 0 Å². The van der Waals surface area contributed by atoms with Crippen molar-refractivity contribution < 1.29 is 0 Å². The molecule has 0 saturated heterocycles. The van der Waals surface area contributed by atoms with Crippen molar-refractivity contribution in [1.29, 1.82) is 0 Å². The molecular formula is C3H10BrN. The topological polar surface area (TPSA) is 35.0 Å². The van der Waals surface area contributed by atoms with Crippen LogP contribution in [0, 0.1) is 0 Å². The van der Waals surface area contributed by atoms with Gasteiger partial charge in [0.1, 0.15) is 0 Å². The molecule has 0 atom stereocenters. The van der Waals surface area contributed by atoms with E-state index in [1.165, 1.54) is 6.42 Å². The van der Waals surface area contributed by atoms with E-state index in [4.69, 9.17) is 0 Å². The summed E-state index contributed by atoms with van der Waals surface area (Å²) in [5.74, 6) is 0. The summed E-state index contributed by atoms with van der Waals surface area (Å²) in [4.78, 5) is 0. The summed E-state index contributed by atoms with van der Waals surface area (Å²) < 4.78 is 0. The number of hydrogen-bond donors (Lipinski definition) is 1. The van der Waals surface area contributed by atoms with Crippen LogP contribution < -0.4 is 6.15 Å². The maximum absolute atomic E-state index is 3.25. The van der Waals surface area contributed by atoms with Gasteiger partial charge in [0.05, 0.1) is 0 Å². The molecule has 0 aromatic heterocycles. The summed E-state index contributed by atoms with van der Waals surface area (Å²) in [6, 6.07) is 0. The van der Waals surface area contributed by atoms with Gasteiger partial charge in [-0.2, -0.15) is 0 Å². The van der Waals surface area contributed by atoms with E-state index in [1.807, 2.05) is 0 Å². The van der Waals surface area contributed by atoms with Crippen molar-refractivity contribution in [3.63, 3.8) is 0 Å². The Morgan fingerprint density at radius 3 is 1.80 bits per heavy atom. The van der Waals surface area contributed by atoms with Crippen molar-refractivity contribution in [1.82, 2.24) is 6.15 Å². The number of halogens is 1. The fourth-order valence-corrected chi connectivity index (χ4v) is 0. The Morgan fingerprint density at radius 2 is 1.80 bits per heavy atom. The summed E-state index contributed by atoms with van der Waals surface area (Å²) in [6.45, 7) is 2.13. The molecule has 1 nitrogen and oxygen atoms in total. The Bertz CT molecular complexity index is 8.85. The van der Waals surface area contributed by atoms with Gasteiger partial charge in [-0.15, -0.1) is 0 Å². The first kappa shape index (κ1) is 9.06. The first-order valence-electron chi connectivity index (χ1n) is 1.47. The van der Waals surface area contributed by atoms with Crippen LogP contribution in [-0.2, 0) is 0 Å². The molecule has 0 radical (unpaired) electrons. The van der Waals surface area contributed by atoms with E-state index in [-0.39, 0.29) is 6.15 Å². The van der Waals surface area contributed by atoms with Gasteiger partial charge in [-0.25, -0.2) is 0 Å². The molecule has 2 heteroatoms. The zero-order valence-corrected chi connectivity index (χ0v) is 5.09. The van der Waals surface area contributed by atoms with Gasteiger partial charge in [0.15, 0.2) is 0 Å². The third-order valence-corrected chi connectivity index (χ3v) is 0.982. The minimum atomic E-state index is 0. The lowest BCUT2D eigenvalue weighted by molar-refractivity contribution is 1.12. The zero-order chi connectivity index (χ0) is 3.41. The fraction of sp³-hybridized carbons (Fsp3) is 1.00. The molecule has 0 aromatic carbocycles. The highest BCUT2D eigenvalue weighted by atomic mass is 79.9. The monoisotopic (exact) mass is 139 g/mol. The standard InChI is InChI=1S/C3H7Br.H3N/c1-2-3-4;/h2-3H2,1H3;1H3. The van der Waals surface area contributed by atoms with Crippen LogP contribution in [0.2, 0.25) is 0 Å². The lowest BCUT2D eigenvalue weighted by Crippen LogP contribution is -1.54. The lowest BCUT2D eigenvalue weighted by Gasteiger charge is -1.66. The van der Waals surface area contributed by atoms with Gasteiger partial charge in [-0.1, -0.05) is 22.9 Å². The maximum atomic E-state index is 3.25. The van der Waals surface area contributed by atoms with E-state index in [0.29, 0.717) is 0 Å². The Morgan fingerprint density at radius 1 is 1.60 bits per heavy atom. The molecule has 0 fully saturated rings. The van der Waals surface area contributed by atoms with Gasteiger partial charge in [-0.05, 0) is 6.42 Å². The summed E-state index contributed by atoms with van der Waals surface area (Å²) in [5.41, 5.74) is 0. The van der Waals surface area contributed by atoms with Crippen molar-refractivity contribution in [2.45, 2.75) is 13.3 Å². The summed E-state index contributed by atoms with van der Waals surface area (Å²) in [6.07, 6.45) is 1.24. The maximum Gasteiger partial charge on any atom is 0.00286 e. The van der Waals surface area contributed by atoms with Crippen molar-refractivity contribution in [3.05, 3.63) is 0 Å². The van der Waals surface area contributed by atoms with Crippen molar-refractivity contribution >= 4 is 15.9 Å². The SMILES string of the molecule is CCCBr.N. The normalized spacial score (nSPS) is 6.00. The third kappa shape index (κ3) is 12.7. The molecule has 0 aliphatic rings. The molecule has 0 aliphatic heterocycles. The second-order valence-electron chi connectivity index (χ2n) is 0.689. The highest BCUT2D eigenvalue weighted by Gasteiger charge is 1.58. The molecule has 0 bridgehead atoms. The van der Waals surface area contributed by atoms with Crippen molar-refractivity contribution in [2.24, 2.45) is 0 Å². The third-order valence-electron chi connectivity index (χ3n) is 0.189. The Kier molecular flexibility index (Phi) is 16.0. The average molecular weight is 140 g/mol. The first-order valence-corrected chi connectivity index (χ1v) is 2.60. The Labute approximate surface area is 41.5 Å². The molecule has 0 aromatic rings. The van der Waals surface area contributed by atoms with Gasteiger partial charge in [0.25, 0.3) is 0 Å². The largest absolute Gasteiger partial charge is 0.344 e. The van der Waals surface area contributed by atoms with Crippen molar-refractivity contribution in [2.75, 3.05) is 5.33 Å². The van der Waals surface area contributed by atoms with Crippen LogP contribution in [0.1, 0.15) is 13.3 Å². The second kappa shape index (κ2) is 8.83. The molecular weight excluding hydrogens is 130 g/mol. The number of alkyl halides is 1. The lowest BCUT2D eigenvalue weighted by atomic mass is 10.6. The van der Waals surface area contributed by atoms with E-state index in [1.54, 1.807) is 0 Å². The zero-order valence-electron chi connectivity index (χ0n) is 3.50. The average Bonchev–Trinajstić information content (AvgIpc) is 1.37. The van der Waals surface area contributed by atoms with E-state index >= 15 is 0 Å². The summed E-state index contributed by atoms with van der Waals surface area (Å²) >= 11 is 3.25. The molecule has 0 aliphatic carbocycles. The van der Waals surface area contributed by atoms with Crippen molar-refractivity contribution in [3.8, 4) is 0 Å². The van der Waals surface area contributed by atoms with Gasteiger partial charge in [-0.3, -0.25) is 0 Å². The molecule has 3 N–H and O–H groups in total. The predicted octanol–water partition coefficient (Wildman–Crippen LogP) is 1.95. The van der Waals surface area contributed by atoms with E-state index in [9.17, 15) is 0 Å². The fourth-order valence-electron chi connectivity index (χ4n) is 0. The second-order valence-corrected chi connectivity index (χ2v) is 1.48. The predicted molar refractivity (Wildman–Crippen MR) is 29.1 cm³/mol. The quantitative estimate of drug-likeness (QED) is 0.555. The van der Waals surface area contributed by atoms with Crippen LogP contribution in [0.5, 0.6) is 0 Å². The Hall–Kier alpha value is 0.440. The molecule has 0 unspecified atom stereocenters. The Balaban J connectivity index is 0. The van der Waals surface area contributed by atoms with Gasteiger partial charge in [0, 0.05) is 5.33 Å². The minimum Gasteiger partial charge on any atom is -0.344 e. The summed E-state index contributed by atoms with van der Waals surface area (Å²) in [5, 5.41) is 1.13. The van der Waals surface area contributed by atoms with Crippen LogP contribution in [-0.4, -0.2) is 5.33 Å². The molecule has 0 spiro atoms. The van der Waals surface area contributed by atoms with Gasteiger partial charge in [0.2, 0.25) is 0 Å². The van der Waals surface area contributed by atoms with Crippen LogP contribution in [0.4, 0.5) is 0 Å². The molecule has 0 amide bonds. The smallest absolute Gasteiger partial charge is 0.00286 e. The summed E-state index contributed by atoms with van der Waals surface area (Å²) in [7, 11) is 0. The van der Waals surface area contributed by atoms with Gasteiger partial charge < -0.3 is 6.15 Å². The molecule has 0 saturated carbocycles.